The van der Waals surface area contributed by atoms with Crippen molar-refractivity contribution in [2.75, 3.05) is 0 Å². The van der Waals surface area contributed by atoms with E-state index in [1.807, 2.05) is 20.8 Å². The van der Waals surface area contributed by atoms with Crippen LogP contribution in [0.5, 0.6) is 0 Å². The highest BCUT2D eigenvalue weighted by Gasteiger charge is 2.38. The van der Waals surface area contributed by atoms with E-state index >= 15 is 0 Å². The second-order valence-electron chi connectivity index (χ2n) is 6.33. The van der Waals surface area contributed by atoms with Gasteiger partial charge in [0.2, 0.25) is 0 Å². The van der Waals surface area contributed by atoms with E-state index in [0.29, 0.717) is 5.71 Å². The Morgan fingerprint density at radius 1 is 1.19 bits per heavy atom. The normalized spacial score (nSPS) is 13.9. The molecule has 1 rings (SSSR count). The number of nitrogens with zero attached hydrogens (tertiary/aromatic N) is 1. The Kier molecular flexibility index (Phi) is 5.53. The highest BCUT2D eigenvalue weighted by molar-refractivity contribution is 7.99. The molecule has 0 radical (unpaired) electrons. The molecule has 1 aromatic carbocycles. The van der Waals surface area contributed by atoms with Crippen LogP contribution in [-0.2, 0) is 5.92 Å². The van der Waals surface area contributed by atoms with Crippen LogP contribution in [0.25, 0.3) is 0 Å². The fraction of sp³-hybridized carbons (Fsp3) is 0.562. The molecule has 0 aliphatic carbocycles. The van der Waals surface area contributed by atoms with E-state index in [0.717, 1.165) is 6.07 Å². The van der Waals surface area contributed by atoms with Crippen LogP contribution in [0.2, 0.25) is 0 Å². The van der Waals surface area contributed by atoms with Crippen molar-refractivity contribution in [3.05, 3.63) is 35.1 Å². The molecule has 1 nitrogen and oxygen atoms in total. The van der Waals surface area contributed by atoms with E-state index in [1.165, 1.54) is 37.9 Å². The van der Waals surface area contributed by atoms with Crippen LogP contribution in [0.15, 0.2) is 22.6 Å². The lowest BCUT2D eigenvalue weighted by atomic mass is 9.94. The summed E-state index contributed by atoms with van der Waals surface area (Å²) in [5, 5.41) is 0. The smallest absolute Gasteiger partial charge is 0.220 e. The van der Waals surface area contributed by atoms with E-state index in [1.54, 1.807) is 6.92 Å². The van der Waals surface area contributed by atoms with Gasteiger partial charge in [0.15, 0.2) is 0 Å². The minimum Gasteiger partial charge on any atom is -0.220 e. The Morgan fingerprint density at radius 2 is 1.76 bits per heavy atom. The predicted octanol–water partition coefficient (Wildman–Crippen LogP) is 5.83. The lowest BCUT2D eigenvalue weighted by molar-refractivity contribution is -0.0543. The third-order valence-corrected chi connectivity index (χ3v) is 3.84. The molecule has 0 saturated heterocycles. The summed E-state index contributed by atoms with van der Waals surface area (Å²) in [5.74, 6) is -5.05. The zero-order valence-electron chi connectivity index (χ0n) is 13.3. The van der Waals surface area contributed by atoms with Crippen molar-refractivity contribution in [2.24, 2.45) is 10.3 Å². The van der Waals surface area contributed by atoms with Crippen molar-refractivity contribution in [1.82, 2.24) is 0 Å². The fourth-order valence-corrected chi connectivity index (χ4v) is 2.14. The maximum Gasteiger partial charge on any atom is 0.278 e. The molecule has 0 fully saturated rings. The third kappa shape index (κ3) is 4.50. The van der Waals surface area contributed by atoms with Crippen LogP contribution in [0.3, 0.4) is 0 Å². The zero-order valence-corrected chi connectivity index (χ0v) is 14.1. The highest BCUT2D eigenvalue weighted by Crippen LogP contribution is 2.38. The number of halogens is 3. The standard InChI is InChI=1S/C16H22F3NS/c1-10(2)16(18,19)13-9-7-8-12(14(13)17)11(3)20-21-15(4,5)6/h7-10H,1-6H3/b20-11+. The molecule has 0 amide bonds. The van der Waals surface area contributed by atoms with Gasteiger partial charge in [-0.25, -0.2) is 17.6 Å². The van der Waals surface area contributed by atoms with Crippen molar-refractivity contribution in [3.8, 4) is 0 Å². The molecule has 5 heteroatoms. The first-order chi connectivity index (χ1) is 9.47. The summed E-state index contributed by atoms with van der Waals surface area (Å²) in [5.41, 5.74) is -0.0243. The van der Waals surface area contributed by atoms with Crippen LogP contribution >= 0.6 is 11.9 Å². The van der Waals surface area contributed by atoms with Crippen LogP contribution in [0.4, 0.5) is 13.2 Å². The molecule has 0 saturated carbocycles. The van der Waals surface area contributed by atoms with Crippen molar-refractivity contribution >= 4 is 17.7 Å². The molecule has 0 aliphatic rings. The lowest BCUT2D eigenvalue weighted by Crippen LogP contribution is -2.23. The van der Waals surface area contributed by atoms with E-state index in [4.69, 9.17) is 0 Å². The molecule has 1 aromatic rings. The maximum absolute atomic E-state index is 14.4. The maximum atomic E-state index is 14.4. The first-order valence-corrected chi connectivity index (χ1v) is 7.64. The molecular formula is C16H22F3NS. The number of benzene rings is 1. The Balaban J connectivity index is 3.23. The van der Waals surface area contributed by atoms with E-state index < -0.39 is 23.2 Å². The molecule has 0 N–H and O–H groups in total. The Morgan fingerprint density at radius 3 is 2.24 bits per heavy atom. The van der Waals surface area contributed by atoms with Gasteiger partial charge in [-0.3, -0.25) is 0 Å². The van der Waals surface area contributed by atoms with Crippen LogP contribution in [0, 0.1) is 11.7 Å². The molecule has 0 unspecified atom stereocenters. The molecule has 0 aromatic heterocycles. The quantitative estimate of drug-likeness (QED) is 0.503. The van der Waals surface area contributed by atoms with Crippen molar-refractivity contribution in [1.29, 1.82) is 0 Å². The lowest BCUT2D eigenvalue weighted by Gasteiger charge is -2.22. The van der Waals surface area contributed by atoms with Gasteiger partial charge in [-0.15, -0.1) is 0 Å². The number of hydrogen-bond acceptors (Lipinski definition) is 2. The van der Waals surface area contributed by atoms with E-state index in [2.05, 4.69) is 4.40 Å². The van der Waals surface area contributed by atoms with E-state index in [-0.39, 0.29) is 10.3 Å². The van der Waals surface area contributed by atoms with Gasteiger partial charge in [0, 0.05) is 16.2 Å². The monoisotopic (exact) mass is 317 g/mol. The first-order valence-electron chi connectivity index (χ1n) is 6.86. The summed E-state index contributed by atoms with van der Waals surface area (Å²) < 4.78 is 46.7. The summed E-state index contributed by atoms with van der Waals surface area (Å²) in [6.07, 6.45) is 0. The largest absolute Gasteiger partial charge is 0.278 e. The van der Waals surface area contributed by atoms with Crippen LogP contribution in [0.1, 0.15) is 52.7 Å². The first kappa shape index (κ1) is 18.1. The molecular weight excluding hydrogens is 295 g/mol. The topological polar surface area (TPSA) is 12.4 Å². The van der Waals surface area contributed by atoms with Gasteiger partial charge < -0.3 is 0 Å². The number of alkyl halides is 2. The Labute approximate surface area is 129 Å². The molecule has 0 bridgehead atoms. The van der Waals surface area contributed by atoms with Gasteiger partial charge in [-0.1, -0.05) is 32.0 Å². The molecule has 21 heavy (non-hydrogen) atoms. The highest BCUT2D eigenvalue weighted by atomic mass is 32.2. The average Bonchev–Trinajstić information content (AvgIpc) is 2.34. The molecule has 0 aliphatic heterocycles. The second kappa shape index (κ2) is 6.42. The molecule has 0 atom stereocenters. The Bertz CT molecular complexity index is 531. The fourth-order valence-electron chi connectivity index (χ4n) is 1.63. The van der Waals surface area contributed by atoms with Crippen LogP contribution < -0.4 is 0 Å². The summed E-state index contributed by atoms with van der Waals surface area (Å²) in [7, 11) is 0. The number of hydrogen-bond donors (Lipinski definition) is 0. The zero-order chi connectivity index (χ0) is 16.4. The minimum absolute atomic E-state index is 0.114. The SMILES string of the molecule is C/C(=N\SC(C)(C)C)c1cccc(C(F)(F)C(C)C)c1F. The van der Waals surface area contributed by atoms with Gasteiger partial charge in [0.25, 0.3) is 5.92 Å². The van der Waals surface area contributed by atoms with Gasteiger partial charge >= 0.3 is 0 Å². The summed E-state index contributed by atoms with van der Waals surface area (Å²) >= 11 is 1.30. The van der Waals surface area contributed by atoms with Gasteiger partial charge in [0.1, 0.15) is 5.82 Å². The van der Waals surface area contributed by atoms with Gasteiger partial charge in [-0.2, -0.15) is 0 Å². The summed E-state index contributed by atoms with van der Waals surface area (Å²) in [4.78, 5) is 0. The summed E-state index contributed by atoms with van der Waals surface area (Å²) in [6.45, 7) is 10.3. The summed E-state index contributed by atoms with van der Waals surface area (Å²) in [6, 6.07) is 4.07. The van der Waals surface area contributed by atoms with E-state index in [9.17, 15) is 13.2 Å². The molecule has 118 valence electrons. The predicted molar refractivity (Wildman–Crippen MR) is 84.7 cm³/mol. The van der Waals surface area contributed by atoms with Crippen LogP contribution in [-0.4, -0.2) is 10.5 Å². The number of rotatable bonds is 4. The van der Waals surface area contributed by atoms with Gasteiger partial charge in [-0.05, 0) is 39.6 Å². The third-order valence-electron chi connectivity index (χ3n) is 2.93. The van der Waals surface area contributed by atoms with Crippen molar-refractivity contribution < 1.29 is 13.2 Å². The van der Waals surface area contributed by atoms with Crippen molar-refractivity contribution in [2.45, 2.75) is 52.2 Å². The second-order valence-corrected chi connectivity index (χ2v) is 7.92. The molecule has 0 spiro atoms. The molecule has 0 heterocycles. The minimum atomic E-state index is -3.20. The average molecular weight is 317 g/mol. The van der Waals surface area contributed by atoms with Crippen molar-refractivity contribution in [3.63, 3.8) is 0 Å². The Hall–Kier alpha value is -0.970. The van der Waals surface area contributed by atoms with Gasteiger partial charge in [0.05, 0.1) is 11.3 Å².